The Morgan fingerprint density at radius 1 is 1.54 bits per heavy atom. The van der Waals surface area contributed by atoms with Crippen LogP contribution in [0.4, 0.5) is 0 Å². The highest BCUT2D eigenvalue weighted by Gasteiger charge is 2.14. The standard InChI is InChI=1S/C11H17NO/c1-9-4-5-11(13-9)7-10-3-2-6-12-8-10/h4-5,10,12H,2-3,6-8H2,1H3. The molecule has 1 aromatic rings. The second-order valence-electron chi connectivity index (χ2n) is 3.93. The van der Waals surface area contributed by atoms with Gasteiger partial charge in [-0.15, -0.1) is 0 Å². The molecule has 2 nitrogen and oxygen atoms in total. The van der Waals surface area contributed by atoms with Gasteiger partial charge in [0.25, 0.3) is 0 Å². The lowest BCUT2D eigenvalue weighted by Crippen LogP contribution is -2.30. The molecule has 1 aromatic heterocycles. The first-order chi connectivity index (χ1) is 6.34. The van der Waals surface area contributed by atoms with E-state index in [0.29, 0.717) is 0 Å². The van der Waals surface area contributed by atoms with Crippen molar-refractivity contribution in [3.8, 4) is 0 Å². The third kappa shape index (κ3) is 2.34. The molecule has 1 saturated heterocycles. The predicted octanol–water partition coefficient (Wildman–Crippen LogP) is 2.13. The molecule has 1 atom stereocenters. The summed E-state index contributed by atoms with van der Waals surface area (Å²) < 4.78 is 5.56. The molecule has 0 aromatic carbocycles. The first kappa shape index (κ1) is 8.82. The normalized spacial score (nSPS) is 23.3. The van der Waals surface area contributed by atoms with Crippen LogP contribution in [0.15, 0.2) is 16.5 Å². The third-order valence-corrected chi connectivity index (χ3v) is 2.68. The fourth-order valence-corrected chi connectivity index (χ4v) is 1.98. The van der Waals surface area contributed by atoms with E-state index in [1.807, 2.05) is 13.0 Å². The van der Waals surface area contributed by atoms with Gasteiger partial charge in [0, 0.05) is 6.42 Å². The number of piperidine rings is 1. The number of rotatable bonds is 2. The molecule has 0 radical (unpaired) electrons. The van der Waals surface area contributed by atoms with E-state index >= 15 is 0 Å². The zero-order valence-electron chi connectivity index (χ0n) is 8.18. The Labute approximate surface area is 79.3 Å². The lowest BCUT2D eigenvalue weighted by atomic mass is 9.95. The molecule has 0 spiro atoms. The van der Waals surface area contributed by atoms with Crippen molar-refractivity contribution in [2.75, 3.05) is 13.1 Å². The Hall–Kier alpha value is -0.760. The van der Waals surface area contributed by atoms with Crippen molar-refractivity contribution >= 4 is 0 Å². The van der Waals surface area contributed by atoms with Crippen LogP contribution < -0.4 is 5.32 Å². The Morgan fingerprint density at radius 3 is 3.08 bits per heavy atom. The number of aryl methyl sites for hydroxylation is 1. The van der Waals surface area contributed by atoms with E-state index in [1.54, 1.807) is 0 Å². The molecule has 2 heterocycles. The summed E-state index contributed by atoms with van der Waals surface area (Å²) in [4.78, 5) is 0. The zero-order valence-corrected chi connectivity index (χ0v) is 8.18. The predicted molar refractivity (Wildman–Crippen MR) is 52.7 cm³/mol. The van der Waals surface area contributed by atoms with E-state index in [-0.39, 0.29) is 0 Å². The average Bonchev–Trinajstić information content (AvgIpc) is 2.53. The lowest BCUT2D eigenvalue weighted by molar-refractivity contribution is 0.347. The van der Waals surface area contributed by atoms with Crippen LogP contribution in [0.1, 0.15) is 24.4 Å². The van der Waals surface area contributed by atoms with E-state index < -0.39 is 0 Å². The van der Waals surface area contributed by atoms with Gasteiger partial charge >= 0.3 is 0 Å². The monoisotopic (exact) mass is 179 g/mol. The summed E-state index contributed by atoms with van der Waals surface area (Å²) in [5.74, 6) is 2.95. The smallest absolute Gasteiger partial charge is 0.104 e. The third-order valence-electron chi connectivity index (χ3n) is 2.68. The van der Waals surface area contributed by atoms with Crippen molar-refractivity contribution in [1.29, 1.82) is 0 Å². The van der Waals surface area contributed by atoms with Crippen molar-refractivity contribution in [3.05, 3.63) is 23.7 Å². The summed E-state index contributed by atoms with van der Waals surface area (Å²) in [6, 6.07) is 4.15. The fraction of sp³-hybridized carbons (Fsp3) is 0.636. The Kier molecular flexibility index (Phi) is 2.69. The minimum Gasteiger partial charge on any atom is -0.466 e. The first-order valence-corrected chi connectivity index (χ1v) is 5.10. The van der Waals surface area contributed by atoms with E-state index in [2.05, 4.69) is 11.4 Å². The summed E-state index contributed by atoms with van der Waals surface area (Å²) in [5.41, 5.74) is 0. The second-order valence-corrected chi connectivity index (χ2v) is 3.93. The lowest BCUT2D eigenvalue weighted by Gasteiger charge is -2.21. The van der Waals surface area contributed by atoms with Gasteiger partial charge in [-0.2, -0.15) is 0 Å². The number of nitrogens with one attached hydrogen (secondary N) is 1. The summed E-state index contributed by atoms with van der Waals surface area (Å²) in [6.45, 7) is 4.34. The maximum Gasteiger partial charge on any atom is 0.104 e. The van der Waals surface area contributed by atoms with E-state index in [0.717, 1.165) is 30.4 Å². The van der Waals surface area contributed by atoms with Gasteiger partial charge in [-0.25, -0.2) is 0 Å². The molecule has 0 aliphatic carbocycles. The van der Waals surface area contributed by atoms with Crippen molar-refractivity contribution in [3.63, 3.8) is 0 Å². The molecule has 0 saturated carbocycles. The zero-order chi connectivity index (χ0) is 9.10. The van der Waals surface area contributed by atoms with Crippen LogP contribution in [0.5, 0.6) is 0 Å². The van der Waals surface area contributed by atoms with Gasteiger partial charge in [-0.1, -0.05) is 0 Å². The number of hydrogen-bond acceptors (Lipinski definition) is 2. The molecule has 0 amide bonds. The van der Waals surface area contributed by atoms with Crippen LogP contribution in [-0.2, 0) is 6.42 Å². The van der Waals surface area contributed by atoms with Crippen molar-refractivity contribution in [1.82, 2.24) is 5.32 Å². The highest BCUT2D eigenvalue weighted by Crippen LogP contribution is 2.17. The topological polar surface area (TPSA) is 25.2 Å². The van der Waals surface area contributed by atoms with Gasteiger partial charge in [0.05, 0.1) is 0 Å². The Bertz CT molecular complexity index is 261. The van der Waals surface area contributed by atoms with Crippen LogP contribution in [0.3, 0.4) is 0 Å². The van der Waals surface area contributed by atoms with Crippen LogP contribution in [0.2, 0.25) is 0 Å². The quantitative estimate of drug-likeness (QED) is 0.752. The van der Waals surface area contributed by atoms with Gasteiger partial charge in [-0.3, -0.25) is 0 Å². The van der Waals surface area contributed by atoms with Crippen LogP contribution >= 0.6 is 0 Å². The van der Waals surface area contributed by atoms with E-state index in [9.17, 15) is 0 Å². The molecule has 1 unspecified atom stereocenters. The molecular weight excluding hydrogens is 162 g/mol. The average molecular weight is 179 g/mol. The second kappa shape index (κ2) is 3.97. The van der Waals surface area contributed by atoms with Crippen molar-refractivity contribution < 1.29 is 4.42 Å². The van der Waals surface area contributed by atoms with Gasteiger partial charge in [0.1, 0.15) is 11.5 Å². The molecule has 2 heteroatoms. The van der Waals surface area contributed by atoms with Crippen molar-refractivity contribution in [2.45, 2.75) is 26.2 Å². The minimum atomic E-state index is 0.777. The molecule has 72 valence electrons. The molecule has 1 aliphatic heterocycles. The molecule has 1 aliphatic rings. The van der Waals surface area contributed by atoms with E-state index in [1.165, 1.54) is 19.4 Å². The minimum absolute atomic E-state index is 0.777. The molecule has 1 fully saturated rings. The molecule has 0 bridgehead atoms. The molecular formula is C11H17NO. The maximum absolute atomic E-state index is 5.56. The first-order valence-electron chi connectivity index (χ1n) is 5.10. The summed E-state index contributed by atoms with van der Waals surface area (Å²) in [7, 11) is 0. The highest BCUT2D eigenvalue weighted by atomic mass is 16.3. The SMILES string of the molecule is Cc1ccc(CC2CCCNC2)o1. The Balaban J connectivity index is 1.89. The maximum atomic E-state index is 5.56. The highest BCUT2D eigenvalue weighted by molar-refractivity contribution is 5.06. The molecule has 13 heavy (non-hydrogen) atoms. The largest absolute Gasteiger partial charge is 0.466 e. The number of hydrogen-bond donors (Lipinski definition) is 1. The van der Waals surface area contributed by atoms with Crippen LogP contribution in [0.25, 0.3) is 0 Å². The Morgan fingerprint density at radius 2 is 2.46 bits per heavy atom. The van der Waals surface area contributed by atoms with E-state index in [4.69, 9.17) is 4.42 Å². The van der Waals surface area contributed by atoms with Crippen LogP contribution in [0, 0.1) is 12.8 Å². The summed E-state index contributed by atoms with van der Waals surface area (Å²) in [6.07, 6.45) is 3.75. The molecule has 2 rings (SSSR count). The number of furan rings is 1. The van der Waals surface area contributed by atoms with Gasteiger partial charge in [0.2, 0.25) is 0 Å². The van der Waals surface area contributed by atoms with Crippen LogP contribution in [-0.4, -0.2) is 13.1 Å². The van der Waals surface area contributed by atoms with Crippen molar-refractivity contribution in [2.24, 2.45) is 5.92 Å². The summed E-state index contributed by atoms with van der Waals surface area (Å²) in [5, 5.41) is 3.42. The molecule has 1 N–H and O–H groups in total. The van der Waals surface area contributed by atoms with Gasteiger partial charge in [-0.05, 0) is 50.9 Å². The fourth-order valence-electron chi connectivity index (χ4n) is 1.98. The van der Waals surface area contributed by atoms with Gasteiger partial charge in [0.15, 0.2) is 0 Å². The summed E-state index contributed by atoms with van der Waals surface area (Å²) >= 11 is 0. The van der Waals surface area contributed by atoms with Gasteiger partial charge < -0.3 is 9.73 Å².